The second-order valence-electron chi connectivity index (χ2n) is 1.09. The molecule has 3 N–H and O–H groups in total. The average Bonchev–Trinajstić information content (AvgIpc) is 2.02. The van der Waals surface area contributed by atoms with Gasteiger partial charge in [-0.1, -0.05) is 12.6 Å². The molecule has 0 bridgehead atoms. The third-order valence-corrected chi connectivity index (χ3v) is 0.250. The molecule has 7 heavy (non-hydrogen) atoms. The minimum Gasteiger partial charge on any atom is -0.361 e. The lowest BCUT2D eigenvalue weighted by molar-refractivity contribution is 0.267. The summed E-state index contributed by atoms with van der Waals surface area (Å²) in [5.41, 5.74) is 4.34. The van der Waals surface area contributed by atoms with Crippen molar-refractivity contribution in [1.29, 1.82) is 0 Å². The van der Waals surface area contributed by atoms with E-state index in [0.717, 1.165) is 0 Å². The van der Waals surface area contributed by atoms with Crippen molar-refractivity contribution in [2.45, 2.75) is 0 Å². The van der Waals surface area contributed by atoms with Crippen molar-refractivity contribution in [1.82, 2.24) is 5.32 Å². The summed E-state index contributed by atoms with van der Waals surface area (Å²) >= 11 is 3.10. The number of hydrogen-bond acceptors (Lipinski definition) is 2. The number of primary amides is 1. The fraction of sp³-hybridized carbons (Fsp3) is 0.667. The molecule has 1 fully saturated rings. The summed E-state index contributed by atoms with van der Waals surface area (Å²) in [6.45, 7) is 2.50. The molecule has 0 unspecified atom stereocenters. The largest absolute Gasteiger partial charge is 0.361 e. The topological polar surface area (TPSA) is 65.0 Å². The Labute approximate surface area is 47.7 Å². The monoisotopic (exact) mass is 120 g/mol. The van der Waals surface area contributed by atoms with Crippen molar-refractivity contribution in [3.05, 3.63) is 0 Å². The maximum atomic E-state index is 9.09. The fourth-order valence-corrected chi connectivity index (χ4v) is 0. The van der Waals surface area contributed by atoms with E-state index in [-0.39, 0.29) is 0 Å². The maximum Gasteiger partial charge on any atom is 0.273 e. The third kappa shape index (κ3) is 136. The van der Waals surface area contributed by atoms with E-state index in [9.17, 15) is 0 Å². The number of nitrogens with two attached hydrogens (primary N) is 1. The fourth-order valence-electron chi connectivity index (χ4n) is 0. The van der Waals surface area contributed by atoms with Gasteiger partial charge in [-0.3, -0.25) is 4.79 Å². The third-order valence-electron chi connectivity index (χ3n) is 0.250. The normalized spacial score (nSPS) is 13.9. The van der Waals surface area contributed by atoms with Crippen LogP contribution in [0.2, 0.25) is 0 Å². The standard InChI is InChI=1S/C2H5N.CH3NOS/c1-2-3-1;2-1(3)4/h3H,1-2H2;(H3,2,3,4). The number of carbonyl (C=O) groups is 1. The molecule has 4 heteroatoms. The Balaban J connectivity index is 0.000000105. The van der Waals surface area contributed by atoms with E-state index in [1.165, 1.54) is 13.1 Å². The molecule has 0 aromatic carbocycles. The highest BCUT2D eigenvalue weighted by molar-refractivity contribution is 7.96. The first-order valence-corrected chi connectivity index (χ1v) is 2.37. The van der Waals surface area contributed by atoms with Gasteiger partial charge in [0.15, 0.2) is 0 Å². The minimum atomic E-state index is -0.639. The van der Waals surface area contributed by atoms with Crippen molar-refractivity contribution in [2.75, 3.05) is 13.1 Å². The van der Waals surface area contributed by atoms with Crippen molar-refractivity contribution in [3.63, 3.8) is 0 Å². The highest BCUT2D eigenvalue weighted by atomic mass is 32.1. The van der Waals surface area contributed by atoms with Gasteiger partial charge >= 0.3 is 0 Å². The van der Waals surface area contributed by atoms with Gasteiger partial charge in [-0.25, -0.2) is 0 Å². The van der Waals surface area contributed by atoms with Gasteiger partial charge in [0.05, 0.1) is 0 Å². The molecule has 1 amide bonds. The van der Waals surface area contributed by atoms with Crippen LogP contribution in [0.15, 0.2) is 0 Å². The Morgan fingerprint density at radius 3 is 1.86 bits per heavy atom. The molecule has 0 aliphatic carbocycles. The number of thiol groups is 1. The molecule has 3 nitrogen and oxygen atoms in total. The second kappa shape index (κ2) is 3.95. The molecular formula is C3H8N2OS. The van der Waals surface area contributed by atoms with E-state index >= 15 is 0 Å². The quantitative estimate of drug-likeness (QED) is 0.300. The maximum absolute atomic E-state index is 9.09. The number of amides is 1. The van der Waals surface area contributed by atoms with E-state index in [2.05, 4.69) is 23.7 Å². The van der Waals surface area contributed by atoms with Gasteiger partial charge in [-0.05, 0) is 0 Å². The first-order chi connectivity index (χ1) is 3.23. The molecule has 1 aliphatic heterocycles. The van der Waals surface area contributed by atoms with Crippen LogP contribution >= 0.6 is 12.6 Å². The Hall–Kier alpha value is -0.220. The van der Waals surface area contributed by atoms with Crippen molar-refractivity contribution in [2.24, 2.45) is 5.73 Å². The molecule has 0 radical (unpaired) electrons. The first kappa shape index (κ1) is 6.78. The van der Waals surface area contributed by atoms with Crippen LogP contribution < -0.4 is 11.1 Å². The number of nitrogens with one attached hydrogen (secondary N) is 1. The van der Waals surface area contributed by atoms with Crippen LogP contribution in [0, 0.1) is 0 Å². The molecule has 1 saturated heterocycles. The number of rotatable bonds is 0. The van der Waals surface area contributed by atoms with E-state index in [1.807, 2.05) is 0 Å². The zero-order chi connectivity index (χ0) is 5.70. The molecule has 0 aromatic heterocycles. The van der Waals surface area contributed by atoms with Gasteiger partial charge in [-0.15, -0.1) is 0 Å². The van der Waals surface area contributed by atoms with Gasteiger partial charge in [0.25, 0.3) is 5.24 Å². The number of carbonyl (C=O) groups excluding carboxylic acids is 1. The SMILES string of the molecule is C1CN1.NC(=O)S. The molecule has 0 saturated carbocycles. The predicted octanol–water partition coefficient (Wildman–Crippen LogP) is -0.416. The summed E-state index contributed by atoms with van der Waals surface area (Å²) in [4.78, 5) is 9.09. The zero-order valence-corrected chi connectivity index (χ0v) is 4.74. The van der Waals surface area contributed by atoms with E-state index in [1.54, 1.807) is 0 Å². The van der Waals surface area contributed by atoms with Crippen molar-refractivity contribution in [3.8, 4) is 0 Å². The van der Waals surface area contributed by atoms with E-state index in [0.29, 0.717) is 0 Å². The van der Waals surface area contributed by atoms with Crippen LogP contribution in [0.5, 0.6) is 0 Å². The smallest absolute Gasteiger partial charge is 0.273 e. The molecule has 0 spiro atoms. The van der Waals surface area contributed by atoms with Gasteiger partial charge in [-0.2, -0.15) is 0 Å². The lowest BCUT2D eigenvalue weighted by Gasteiger charge is -1.58. The molecule has 1 aliphatic rings. The van der Waals surface area contributed by atoms with Crippen LogP contribution in [0.25, 0.3) is 0 Å². The lowest BCUT2D eigenvalue weighted by Crippen LogP contribution is -1.95. The molecule has 42 valence electrons. The van der Waals surface area contributed by atoms with Crippen molar-refractivity contribution < 1.29 is 4.79 Å². The summed E-state index contributed by atoms with van der Waals surface area (Å²) in [5.74, 6) is 0. The van der Waals surface area contributed by atoms with Crippen LogP contribution in [0.3, 0.4) is 0 Å². The predicted molar refractivity (Wildman–Crippen MR) is 31.4 cm³/mol. The first-order valence-electron chi connectivity index (χ1n) is 1.92. The average molecular weight is 120 g/mol. The summed E-state index contributed by atoms with van der Waals surface area (Å²) in [5, 5.41) is 2.36. The Morgan fingerprint density at radius 2 is 1.86 bits per heavy atom. The molecule has 0 aromatic rings. The lowest BCUT2D eigenvalue weighted by atomic mass is 11.0. The minimum absolute atomic E-state index is 0.639. The van der Waals surface area contributed by atoms with Gasteiger partial charge in [0.2, 0.25) is 0 Å². The van der Waals surface area contributed by atoms with Crippen LogP contribution in [0.4, 0.5) is 4.79 Å². The summed E-state index contributed by atoms with van der Waals surface area (Å²) in [6, 6.07) is 0. The van der Waals surface area contributed by atoms with Gasteiger partial charge in [0.1, 0.15) is 0 Å². The van der Waals surface area contributed by atoms with Crippen molar-refractivity contribution >= 4 is 17.9 Å². The Bertz CT molecular complexity index is 57.2. The zero-order valence-electron chi connectivity index (χ0n) is 3.85. The highest BCUT2D eigenvalue weighted by Crippen LogP contribution is 1.65. The molecule has 0 atom stereocenters. The second-order valence-corrected chi connectivity index (χ2v) is 1.53. The molecule has 1 rings (SSSR count). The summed E-state index contributed by atoms with van der Waals surface area (Å²) in [6.07, 6.45) is 0. The van der Waals surface area contributed by atoms with Gasteiger partial charge in [0, 0.05) is 13.1 Å². The van der Waals surface area contributed by atoms with Crippen LogP contribution in [-0.2, 0) is 0 Å². The number of hydrogen-bond donors (Lipinski definition) is 3. The van der Waals surface area contributed by atoms with Crippen LogP contribution in [-0.4, -0.2) is 18.3 Å². The Morgan fingerprint density at radius 1 is 1.71 bits per heavy atom. The van der Waals surface area contributed by atoms with Crippen LogP contribution in [0.1, 0.15) is 0 Å². The Kier molecular flexibility index (Phi) is 3.83. The van der Waals surface area contributed by atoms with E-state index < -0.39 is 5.24 Å². The van der Waals surface area contributed by atoms with E-state index in [4.69, 9.17) is 4.79 Å². The van der Waals surface area contributed by atoms with Gasteiger partial charge < -0.3 is 11.1 Å². The highest BCUT2D eigenvalue weighted by Gasteiger charge is 1.91. The molecular weight excluding hydrogens is 112 g/mol. The molecule has 1 heterocycles. The summed E-state index contributed by atoms with van der Waals surface area (Å²) in [7, 11) is 0. The summed E-state index contributed by atoms with van der Waals surface area (Å²) < 4.78 is 0.